The third kappa shape index (κ3) is 4.60. The molecular formula is C28H30FN9O2S2. The lowest BCUT2D eigenvalue weighted by Gasteiger charge is -2.48. The lowest BCUT2D eigenvalue weighted by molar-refractivity contribution is -0.145. The summed E-state index contributed by atoms with van der Waals surface area (Å²) in [6, 6.07) is 8.25. The Labute approximate surface area is 250 Å². The van der Waals surface area contributed by atoms with Crippen molar-refractivity contribution in [1.29, 1.82) is 5.26 Å². The molecule has 7 rings (SSSR count). The van der Waals surface area contributed by atoms with Gasteiger partial charge in [0.25, 0.3) is 0 Å². The molecule has 14 heteroatoms. The van der Waals surface area contributed by atoms with Gasteiger partial charge in [-0.3, -0.25) is 9.69 Å². The average molecular weight is 608 g/mol. The van der Waals surface area contributed by atoms with E-state index in [1.165, 1.54) is 23.5 Å². The van der Waals surface area contributed by atoms with Gasteiger partial charge in [-0.1, -0.05) is 29.6 Å². The van der Waals surface area contributed by atoms with Gasteiger partial charge in [-0.05, 0) is 37.1 Å². The van der Waals surface area contributed by atoms with E-state index in [1.54, 1.807) is 28.4 Å². The van der Waals surface area contributed by atoms with Crippen molar-refractivity contribution < 1.29 is 14.3 Å². The number of nitrogens with zero attached hydrogens (tertiary/aromatic N) is 9. The van der Waals surface area contributed by atoms with Gasteiger partial charge in [0.2, 0.25) is 16.0 Å². The number of benzene rings is 1. The number of imidazole rings is 1. The maximum atomic E-state index is 13.5. The van der Waals surface area contributed by atoms with Crippen molar-refractivity contribution in [2.75, 3.05) is 62.7 Å². The highest BCUT2D eigenvalue weighted by Crippen LogP contribution is 2.43. The van der Waals surface area contributed by atoms with Crippen LogP contribution in [0.25, 0.3) is 16.2 Å². The molecule has 1 amide bonds. The number of carbonyl (C=O) groups is 1. The number of aliphatic hydroxyl groups is 1. The number of rotatable bonds is 7. The van der Waals surface area contributed by atoms with Gasteiger partial charge in [-0.25, -0.2) is 14.4 Å². The summed E-state index contributed by atoms with van der Waals surface area (Å²) in [6.07, 6.45) is 1.39. The van der Waals surface area contributed by atoms with Crippen LogP contribution in [0.2, 0.25) is 0 Å². The monoisotopic (exact) mass is 607 g/mol. The molecule has 218 valence electrons. The molecule has 0 aliphatic carbocycles. The quantitative estimate of drug-likeness (QED) is 0.338. The number of thiazole rings is 1. The van der Waals surface area contributed by atoms with E-state index in [0.29, 0.717) is 47.3 Å². The molecule has 0 radical (unpaired) electrons. The van der Waals surface area contributed by atoms with Crippen LogP contribution in [-0.4, -0.2) is 99.4 Å². The summed E-state index contributed by atoms with van der Waals surface area (Å²) >= 11 is 2.85. The molecule has 3 aliphatic heterocycles. The molecule has 1 spiro atoms. The van der Waals surface area contributed by atoms with Crippen molar-refractivity contribution in [3.63, 3.8) is 0 Å². The zero-order valence-corrected chi connectivity index (χ0v) is 25.0. The summed E-state index contributed by atoms with van der Waals surface area (Å²) in [7, 11) is 1.91. The predicted octanol–water partition coefficient (Wildman–Crippen LogP) is 2.97. The maximum Gasteiger partial charge on any atom is 0.236 e. The fourth-order valence-corrected chi connectivity index (χ4v) is 8.00. The highest BCUT2D eigenvalue weighted by molar-refractivity contribution is 7.20. The summed E-state index contributed by atoms with van der Waals surface area (Å²) in [5.74, 6) is 0.578. The summed E-state index contributed by atoms with van der Waals surface area (Å²) in [5.41, 5.74) is 2.28. The second kappa shape index (κ2) is 10.3. The van der Waals surface area contributed by atoms with Crippen LogP contribution in [0.5, 0.6) is 0 Å². The van der Waals surface area contributed by atoms with Crippen molar-refractivity contribution in [3.05, 3.63) is 40.7 Å². The van der Waals surface area contributed by atoms with Gasteiger partial charge in [-0.15, -0.1) is 5.10 Å². The standard InChI is InChI=1S/C28H30FN9O2S2/c1-3-20-24(34(2)25-32-23(21(10-30)41-25)17-4-6-18(29)7-5-17)38-26(31-20)42-27(33-38)36-9-8-28(16-36)14-35(15-28)13-22(40)37-11-19(39)12-37/h4-7,19,39H,3,8-9,11-16H2,1-2H3. The number of nitriles is 1. The zero-order chi connectivity index (χ0) is 29.2. The second-order valence-corrected chi connectivity index (χ2v) is 13.3. The summed E-state index contributed by atoms with van der Waals surface area (Å²) in [4.78, 5) is 31.5. The first kappa shape index (κ1) is 27.2. The highest BCUT2D eigenvalue weighted by atomic mass is 32.1. The summed E-state index contributed by atoms with van der Waals surface area (Å²) < 4.78 is 15.4. The van der Waals surface area contributed by atoms with Gasteiger partial charge >= 0.3 is 0 Å². The third-order valence-electron chi connectivity index (χ3n) is 8.41. The van der Waals surface area contributed by atoms with Crippen LogP contribution in [-0.2, 0) is 11.2 Å². The van der Waals surface area contributed by atoms with Crippen LogP contribution in [0, 0.1) is 22.6 Å². The number of anilines is 3. The van der Waals surface area contributed by atoms with Crippen LogP contribution >= 0.6 is 22.7 Å². The fraction of sp³-hybridized carbons (Fsp3) is 0.464. The molecule has 42 heavy (non-hydrogen) atoms. The number of hydrogen-bond donors (Lipinski definition) is 1. The van der Waals surface area contributed by atoms with Crippen molar-refractivity contribution in [2.45, 2.75) is 25.9 Å². The number of aliphatic hydroxyl groups excluding tert-OH is 1. The smallest absolute Gasteiger partial charge is 0.236 e. The van der Waals surface area contributed by atoms with Crippen molar-refractivity contribution in [1.82, 2.24) is 29.4 Å². The van der Waals surface area contributed by atoms with E-state index < -0.39 is 0 Å². The minimum atomic E-state index is -0.372. The Hall–Kier alpha value is -3.64. The maximum absolute atomic E-state index is 13.5. The number of halogens is 1. The lowest BCUT2D eigenvalue weighted by atomic mass is 9.79. The minimum Gasteiger partial charge on any atom is -0.389 e. The Balaban J connectivity index is 1.09. The number of aryl methyl sites for hydroxylation is 1. The van der Waals surface area contributed by atoms with Gasteiger partial charge in [0.05, 0.1) is 18.3 Å². The predicted molar refractivity (Wildman–Crippen MR) is 159 cm³/mol. The van der Waals surface area contributed by atoms with E-state index in [-0.39, 0.29) is 23.2 Å². The molecule has 6 heterocycles. The Morgan fingerprint density at radius 3 is 2.67 bits per heavy atom. The zero-order valence-electron chi connectivity index (χ0n) is 23.3. The molecule has 1 aromatic carbocycles. The number of β-amino-alcohol motifs (C(OH)–C–C–N with tert-alkyl or cyclic N) is 1. The topological polar surface area (TPSA) is 117 Å². The van der Waals surface area contributed by atoms with Crippen molar-refractivity contribution >= 4 is 49.6 Å². The van der Waals surface area contributed by atoms with E-state index in [9.17, 15) is 19.6 Å². The van der Waals surface area contributed by atoms with Gasteiger partial charge in [0.1, 0.15) is 22.5 Å². The van der Waals surface area contributed by atoms with E-state index in [1.807, 2.05) is 16.5 Å². The number of hydrogen-bond acceptors (Lipinski definition) is 11. The Morgan fingerprint density at radius 2 is 1.98 bits per heavy atom. The molecule has 4 aromatic rings. The number of carbonyl (C=O) groups excluding carboxylic acids is 1. The second-order valence-electron chi connectivity index (χ2n) is 11.4. The van der Waals surface area contributed by atoms with Crippen molar-refractivity contribution in [3.8, 4) is 17.3 Å². The minimum absolute atomic E-state index is 0.0986. The molecule has 0 unspecified atom stereocenters. The van der Waals surface area contributed by atoms with Gasteiger partial charge in [0, 0.05) is 57.3 Å². The molecule has 3 fully saturated rings. The highest BCUT2D eigenvalue weighted by Gasteiger charge is 2.49. The van der Waals surface area contributed by atoms with Gasteiger partial charge < -0.3 is 19.8 Å². The summed E-state index contributed by atoms with van der Waals surface area (Å²) in [5, 5.41) is 25.8. The molecule has 3 aromatic heterocycles. The van der Waals surface area contributed by atoms with Crippen LogP contribution in [0.1, 0.15) is 23.9 Å². The third-order valence-corrected chi connectivity index (χ3v) is 10.4. The molecular weight excluding hydrogens is 578 g/mol. The van der Waals surface area contributed by atoms with E-state index >= 15 is 0 Å². The number of likely N-dealkylation sites (tertiary alicyclic amines) is 2. The largest absolute Gasteiger partial charge is 0.389 e. The fourth-order valence-electron chi connectivity index (χ4n) is 6.21. The normalized spacial score (nSPS) is 18.5. The first-order valence-electron chi connectivity index (χ1n) is 14.0. The summed E-state index contributed by atoms with van der Waals surface area (Å²) in [6.45, 7) is 6.95. The number of amides is 1. The van der Waals surface area contributed by atoms with Crippen LogP contribution in [0.4, 0.5) is 20.5 Å². The molecule has 1 N–H and O–H groups in total. The Bertz CT molecular complexity index is 1700. The Morgan fingerprint density at radius 1 is 1.21 bits per heavy atom. The first-order chi connectivity index (χ1) is 20.3. The van der Waals surface area contributed by atoms with E-state index in [0.717, 1.165) is 54.2 Å². The lowest BCUT2D eigenvalue weighted by Crippen LogP contribution is -2.62. The van der Waals surface area contributed by atoms with Gasteiger partial charge in [0.15, 0.2) is 10.9 Å². The SMILES string of the molecule is CCc1nc2sc(N3CCC4(CN(CC(=O)N5CC(O)C5)C4)C3)nn2c1N(C)c1nc(-c2ccc(F)cc2)c(C#N)s1. The molecule has 3 aliphatic rings. The number of aromatic nitrogens is 4. The number of fused-ring (bicyclic) bond motifs is 1. The average Bonchev–Trinajstić information content (AvgIpc) is 3.72. The molecule has 0 bridgehead atoms. The van der Waals surface area contributed by atoms with Crippen molar-refractivity contribution in [2.24, 2.45) is 5.41 Å². The van der Waals surface area contributed by atoms with E-state index in [2.05, 4.69) is 22.8 Å². The Kier molecular flexibility index (Phi) is 6.65. The molecule has 11 nitrogen and oxygen atoms in total. The molecule has 3 saturated heterocycles. The van der Waals surface area contributed by atoms with Crippen LogP contribution in [0.15, 0.2) is 24.3 Å². The van der Waals surface area contributed by atoms with Crippen LogP contribution < -0.4 is 9.80 Å². The van der Waals surface area contributed by atoms with Crippen LogP contribution in [0.3, 0.4) is 0 Å². The van der Waals surface area contributed by atoms with E-state index in [4.69, 9.17) is 15.1 Å². The molecule has 0 atom stereocenters. The first-order valence-corrected chi connectivity index (χ1v) is 15.6. The van der Waals surface area contributed by atoms with Gasteiger partial charge in [-0.2, -0.15) is 9.78 Å². The molecule has 0 saturated carbocycles.